The number of nitrogens with zero attached hydrogens (tertiary/aromatic N) is 2. The summed E-state index contributed by atoms with van der Waals surface area (Å²) >= 11 is 0. The summed E-state index contributed by atoms with van der Waals surface area (Å²) in [7, 11) is 0. The van der Waals surface area contributed by atoms with E-state index in [-0.39, 0.29) is 24.5 Å². The molecular weight excluding hydrogens is 400 g/mol. The van der Waals surface area contributed by atoms with Crippen LogP contribution in [0.5, 0.6) is 5.75 Å². The molecule has 0 aromatic heterocycles. The molecule has 2 aliphatic heterocycles. The zero-order chi connectivity index (χ0) is 22.7. The van der Waals surface area contributed by atoms with Gasteiger partial charge in [-0.1, -0.05) is 49.7 Å². The van der Waals surface area contributed by atoms with E-state index in [0.717, 1.165) is 43.5 Å². The van der Waals surface area contributed by atoms with Gasteiger partial charge in [-0.25, -0.2) is 0 Å². The van der Waals surface area contributed by atoms with E-state index >= 15 is 0 Å². The Balaban J connectivity index is 1.61. The number of amides is 2. The van der Waals surface area contributed by atoms with Crippen molar-refractivity contribution in [1.29, 1.82) is 0 Å². The van der Waals surface area contributed by atoms with Gasteiger partial charge in [-0.2, -0.15) is 0 Å². The Morgan fingerprint density at radius 2 is 1.72 bits per heavy atom. The molecule has 170 valence electrons. The Bertz CT molecular complexity index is 961. The molecule has 0 radical (unpaired) electrons. The second-order valence-electron chi connectivity index (χ2n) is 9.49. The molecule has 1 saturated heterocycles. The summed E-state index contributed by atoms with van der Waals surface area (Å²) in [5, 5.41) is 0. The molecule has 0 aliphatic carbocycles. The fraction of sp³-hybridized carbons (Fsp3) is 0.481. The van der Waals surface area contributed by atoms with Gasteiger partial charge in [-0.3, -0.25) is 9.59 Å². The largest absolute Gasteiger partial charge is 0.484 e. The molecular formula is C27H34N2O3. The number of carbonyl (C=O) groups excluding carboxylic acids is 2. The third-order valence-corrected chi connectivity index (χ3v) is 6.46. The molecule has 4 rings (SSSR count). The van der Waals surface area contributed by atoms with Crippen molar-refractivity contribution in [1.82, 2.24) is 9.80 Å². The number of fused-ring (bicyclic) bond motifs is 1. The second kappa shape index (κ2) is 9.76. The van der Waals surface area contributed by atoms with E-state index in [2.05, 4.69) is 51.1 Å². The summed E-state index contributed by atoms with van der Waals surface area (Å²) in [4.78, 5) is 29.5. The minimum atomic E-state index is -0.136. The van der Waals surface area contributed by atoms with E-state index in [0.29, 0.717) is 24.6 Å². The SMILES string of the molecule is Cc1ccc(C2c3cc(OCC(=O)N4CCCC4)ccc3CCN2C(=O)CC(C)C)cc1. The summed E-state index contributed by atoms with van der Waals surface area (Å²) in [6.07, 6.45) is 3.51. The van der Waals surface area contributed by atoms with Crippen LogP contribution in [0.15, 0.2) is 42.5 Å². The molecule has 2 aliphatic rings. The maximum Gasteiger partial charge on any atom is 0.260 e. The van der Waals surface area contributed by atoms with Gasteiger partial charge in [0.2, 0.25) is 5.91 Å². The van der Waals surface area contributed by atoms with Crippen molar-refractivity contribution in [3.8, 4) is 5.75 Å². The number of rotatable bonds is 6. The summed E-state index contributed by atoms with van der Waals surface area (Å²) in [5.74, 6) is 1.23. The number of aryl methyl sites for hydroxylation is 1. The minimum Gasteiger partial charge on any atom is -0.484 e. The highest BCUT2D eigenvalue weighted by atomic mass is 16.5. The molecule has 1 unspecified atom stereocenters. The lowest BCUT2D eigenvalue weighted by atomic mass is 9.87. The molecule has 0 bridgehead atoms. The molecule has 32 heavy (non-hydrogen) atoms. The van der Waals surface area contributed by atoms with Gasteiger partial charge in [0.05, 0.1) is 6.04 Å². The van der Waals surface area contributed by atoms with Gasteiger partial charge in [0.15, 0.2) is 6.61 Å². The molecule has 0 N–H and O–H groups in total. The van der Waals surface area contributed by atoms with E-state index in [1.54, 1.807) is 0 Å². The smallest absolute Gasteiger partial charge is 0.260 e. The van der Waals surface area contributed by atoms with Gasteiger partial charge in [0, 0.05) is 26.1 Å². The molecule has 5 nitrogen and oxygen atoms in total. The lowest BCUT2D eigenvalue weighted by Gasteiger charge is -2.38. The lowest BCUT2D eigenvalue weighted by molar-refractivity contribution is -0.134. The topological polar surface area (TPSA) is 49.9 Å². The summed E-state index contributed by atoms with van der Waals surface area (Å²) in [6, 6.07) is 14.4. The predicted octanol–water partition coefficient (Wildman–Crippen LogP) is 4.52. The van der Waals surface area contributed by atoms with Gasteiger partial charge in [0.25, 0.3) is 5.91 Å². The monoisotopic (exact) mass is 434 g/mol. The normalized spacial score (nSPS) is 18.1. The van der Waals surface area contributed by atoms with Crippen LogP contribution < -0.4 is 4.74 Å². The maximum absolute atomic E-state index is 13.2. The van der Waals surface area contributed by atoms with Gasteiger partial charge >= 0.3 is 0 Å². The van der Waals surface area contributed by atoms with Crippen molar-refractivity contribution >= 4 is 11.8 Å². The van der Waals surface area contributed by atoms with Crippen molar-refractivity contribution in [2.75, 3.05) is 26.2 Å². The highest BCUT2D eigenvalue weighted by Crippen LogP contribution is 2.38. The zero-order valence-corrected chi connectivity index (χ0v) is 19.5. The number of carbonyl (C=O) groups is 2. The van der Waals surface area contributed by atoms with Gasteiger partial charge < -0.3 is 14.5 Å². The van der Waals surface area contributed by atoms with Gasteiger partial charge in [-0.05, 0) is 60.9 Å². The van der Waals surface area contributed by atoms with Crippen LogP contribution in [0, 0.1) is 12.8 Å². The molecule has 1 atom stereocenters. The second-order valence-corrected chi connectivity index (χ2v) is 9.49. The molecule has 2 heterocycles. The Hall–Kier alpha value is -2.82. The highest BCUT2D eigenvalue weighted by molar-refractivity contribution is 5.78. The van der Waals surface area contributed by atoms with E-state index < -0.39 is 0 Å². The van der Waals surface area contributed by atoms with Crippen LogP contribution >= 0.6 is 0 Å². The number of hydrogen-bond donors (Lipinski definition) is 0. The summed E-state index contributed by atoms with van der Waals surface area (Å²) < 4.78 is 5.92. The average Bonchev–Trinajstić information content (AvgIpc) is 3.32. The molecule has 0 spiro atoms. The highest BCUT2D eigenvalue weighted by Gasteiger charge is 2.32. The van der Waals surface area contributed by atoms with Crippen LogP contribution in [0.1, 0.15) is 61.4 Å². The fourth-order valence-electron chi connectivity index (χ4n) is 4.73. The first-order valence-corrected chi connectivity index (χ1v) is 11.8. The maximum atomic E-state index is 13.2. The van der Waals surface area contributed by atoms with Crippen LogP contribution in [0.4, 0.5) is 0 Å². The summed E-state index contributed by atoms with van der Waals surface area (Å²) in [6.45, 7) is 8.67. The first-order valence-electron chi connectivity index (χ1n) is 11.8. The van der Waals surface area contributed by atoms with E-state index in [9.17, 15) is 9.59 Å². The fourth-order valence-corrected chi connectivity index (χ4v) is 4.73. The van der Waals surface area contributed by atoms with Crippen molar-refractivity contribution in [3.05, 3.63) is 64.7 Å². The van der Waals surface area contributed by atoms with Crippen molar-refractivity contribution in [3.63, 3.8) is 0 Å². The van der Waals surface area contributed by atoms with Crippen LogP contribution in [0.3, 0.4) is 0 Å². The molecule has 2 amide bonds. The van der Waals surface area contributed by atoms with Crippen LogP contribution in [0.2, 0.25) is 0 Å². The van der Waals surface area contributed by atoms with Crippen LogP contribution in [-0.2, 0) is 16.0 Å². The number of hydrogen-bond acceptors (Lipinski definition) is 3. The Labute approximate surface area is 191 Å². The first kappa shape index (κ1) is 22.4. The third kappa shape index (κ3) is 4.98. The Morgan fingerprint density at radius 1 is 1.00 bits per heavy atom. The van der Waals surface area contributed by atoms with Gasteiger partial charge in [-0.15, -0.1) is 0 Å². The predicted molar refractivity (Wildman–Crippen MR) is 126 cm³/mol. The van der Waals surface area contributed by atoms with Crippen molar-refractivity contribution < 1.29 is 14.3 Å². The lowest BCUT2D eigenvalue weighted by Crippen LogP contribution is -2.41. The number of benzene rings is 2. The third-order valence-electron chi connectivity index (χ3n) is 6.46. The van der Waals surface area contributed by atoms with Crippen LogP contribution in [0.25, 0.3) is 0 Å². The van der Waals surface area contributed by atoms with Crippen LogP contribution in [-0.4, -0.2) is 47.9 Å². The first-order chi connectivity index (χ1) is 15.4. The molecule has 0 saturated carbocycles. The number of ether oxygens (including phenoxy) is 1. The molecule has 2 aromatic carbocycles. The standard InChI is InChI=1S/C27H34N2O3/c1-19(2)16-25(30)29-15-12-21-10-11-23(32-18-26(31)28-13-4-5-14-28)17-24(21)27(29)22-8-6-20(3)7-9-22/h6-11,17,19,27H,4-5,12-16,18H2,1-3H3. The summed E-state index contributed by atoms with van der Waals surface area (Å²) in [5.41, 5.74) is 4.65. The van der Waals surface area contributed by atoms with Crippen molar-refractivity contribution in [2.24, 2.45) is 5.92 Å². The van der Waals surface area contributed by atoms with E-state index in [4.69, 9.17) is 4.74 Å². The Kier molecular flexibility index (Phi) is 6.83. The van der Waals surface area contributed by atoms with E-state index in [1.165, 1.54) is 11.1 Å². The number of likely N-dealkylation sites (tertiary alicyclic amines) is 1. The Morgan fingerprint density at radius 3 is 2.41 bits per heavy atom. The van der Waals surface area contributed by atoms with E-state index in [1.807, 2.05) is 21.9 Å². The molecule has 5 heteroatoms. The molecule has 2 aromatic rings. The quantitative estimate of drug-likeness (QED) is 0.672. The average molecular weight is 435 g/mol. The van der Waals surface area contributed by atoms with Gasteiger partial charge in [0.1, 0.15) is 5.75 Å². The minimum absolute atomic E-state index is 0.0454. The van der Waals surface area contributed by atoms with Crippen molar-refractivity contribution in [2.45, 2.75) is 52.5 Å². The zero-order valence-electron chi connectivity index (χ0n) is 19.5. The molecule has 1 fully saturated rings.